The standard InChI is InChI=1S/C21H24FN3O4S/c1-2-3-12-23-30(28,29)19-10-6-17(7-11-19)24-21(27)15-13-20(26)25(14-15)18-8-4-16(22)5-9-18/h4-11,15,23H,2-3,12-14H2,1H3,(H,24,27)/t15-/m1/s1. The lowest BCUT2D eigenvalue weighted by atomic mass is 10.1. The summed E-state index contributed by atoms with van der Waals surface area (Å²) < 4.78 is 40.0. The highest BCUT2D eigenvalue weighted by molar-refractivity contribution is 7.89. The fraction of sp³-hybridized carbons (Fsp3) is 0.333. The van der Waals surface area contributed by atoms with Crippen molar-refractivity contribution in [3.8, 4) is 0 Å². The zero-order valence-electron chi connectivity index (χ0n) is 16.6. The number of carbonyl (C=O) groups is 2. The van der Waals surface area contributed by atoms with Crippen LogP contribution in [-0.4, -0.2) is 33.3 Å². The zero-order chi connectivity index (χ0) is 21.7. The van der Waals surface area contributed by atoms with Crippen LogP contribution in [0.1, 0.15) is 26.2 Å². The van der Waals surface area contributed by atoms with Gasteiger partial charge in [0.2, 0.25) is 21.8 Å². The van der Waals surface area contributed by atoms with Crippen LogP contribution in [0, 0.1) is 11.7 Å². The molecular weight excluding hydrogens is 409 g/mol. The van der Waals surface area contributed by atoms with E-state index < -0.39 is 21.8 Å². The molecule has 2 aromatic rings. The Labute approximate surface area is 175 Å². The van der Waals surface area contributed by atoms with Gasteiger partial charge in [-0.2, -0.15) is 0 Å². The summed E-state index contributed by atoms with van der Waals surface area (Å²) in [6, 6.07) is 11.4. The van der Waals surface area contributed by atoms with Crippen LogP contribution in [0.5, 0.6) is 0 Å². The number of nitrogens with zero attached hydrogens (tertiary/aromatic N) is 1. The van der Waals surface area contributed by atoms with Crippen molar-refractivity contribution in [1.82, 2.24) is 4.72 Å². The predicted octanol–water partition coefficient (Wildman–Crippen LogP) is 2.90. The number of nitrogens with one attached hydrogen (secondary N) is 2. The van der Waals surface area contributed by atoms with Crippen LogP contribution in [0.3, 0.4) is 0 Å². The molecule has 0 bridgehead atoms. The summed E-state index contributed by atoms with van der Waals surface area (Å²) in [4.78, 5) is 26.4. The van der Waals surface area contributed by atoms with E-state index in [1.807, 2.05) is 6.92 Å². The van der Waals surface area contributed by atoms with Gasteiger partial charge in [-0.25, -0.2) is 17.5 Å². The van der Waals surface area contributed by atoms with Gasteiger partial charge in [0.25, 0.3) is 0 Å². The Morgan fingerprint density at radius 1 is 1.13 bits per heavy atom. The van der Waals surface area contributed by atoms with Crippen LogP contribution in [-0.2, 0) is 19.6 Å². The lowest BCUT2D eigenvalue weighted by molar-refractivity contribution is -0.122. The minimum absolute atomic E-state index is 0.0526. The molecule has 1 aliphatic heterocycles. The summed E-state index contributed by atoms with van der Waals surface area (Å²) in [5.74, 6) is -1.49. The zero-order valence-corrected chi connectivity index (χ0v) is 17.4. The van der Waals surface area contributed by atoms with Crippen molar-refractivity contribution in [2.45, 2.75) is 31.1 Å². The van der Waals surface area contributed by atoms with E-state index in [2.05, 4.69) is 10.0 Å². The predicted molar refractivity (Wildman–Crippen MR) is 112 cm³/mol. The SMILES string of the molecule is CCCCNS(=O)(=O)c1ccc(NC(=O)[C@@H]2CC(=O)N(c3ccc(F)cc3)C2)cc1. The van der Waals surface area contributed by atoms with E-state index in [1.54, 1.807) is 0 Å². The normalized spacial score (nSPS) is 16.7. The molecule has 160 valence electrons. The highest BCUT2D eigenvalue weighted by Crippen LogP contribution is 2.26. The van der Waals surface area contributed by atoms with Crippen LogP contribution in [0.4, 0.5) is 15.8 Å². The molecule has 1 fully saturated rings. The molecule has 0 aliphatic carbocycles. The van der Waals surface area contributed by atoms with E-state index in [1.165, 1.54) is 53.4 Å². The minimum Gasteiger partial charge on any atom is -0.326 e. The van der Waals surface area contributed by atoms with Gasteiger partial charge in [-0.05, 0) is 55.0 Å². The number of benzene rings is 2. The molecule has 9 heteroatoms. The maximum absolute atomic E-state index is 13.1. The van der Waals surface area contributed by atoms with Crippen molar-refractivity contribution in [2.75, 3.05) is 23.3 Å². The number of unbranched alkanes of at least 4 members (excludes halogenated alkanes) is 1. The third-order valence-corrected chi connectivity index (χ3v) is 6.37. The number of anilines is 2. The summed E-state index contributed by atoms with van der Waals surface area (Å²) in [5.41, 5.74) is 0.988. The molecule has 2 aromatic carbocycles. The van der Waals surface area contributed by atoms with Crippen molar-refractivity contribution < 1.29 is 22.4 Å². The molecular formula is C21H24FN3O4S. The fourth-order valence-electron chi connectivity index (χ4n) is 3.18. The summed E-state index contributed by atoms with van der Waals surface area (Å²) >= 11 is 0. The summed E-state index contributed by atoms with van der Waals surface area (Å²) in [6.45, 7) is 2.55. The summed E-state index contributed by atoms with van der Waals surface area (Å²) in [6.07, 6.45) is 1.69. The number of carbonyl (C=O) groups excluding carboxylic acids is 2. The van der Waals surface area contributed by atoms with E-state index in [-0.39, 0.29) is 29.7 Å². The Kier molecular flexibility index (Phi) is 6.84. The van der Waals surface area contributed by atoms with Crippen LogP contribution in [0.2, 0.25) is 0 Å². The Morgan fingerprint density at radius 2 is 1.80 bits per heavy atom. The molecule has 7 nitrogen and oxygen atoms in total. The van der Waals surface area contributed by atoms with E-state index in [4.69, 9.17) is 0 Å². The Bertz CT molecular complexity index is 1010. The average molecular weight is 434 g/mol. The van der Waals surface area contributed by atoms with Crippen LogP contribution < -0.4 is 14.9 Å². The lowest BCUT2D eigenvalue weighted by Crippen LogP contribution is -2.28. The highest BCUT2D eigenvalue weighted by Gasteiger charge is 2.35. The van der Waals surface area contributed by atoms with Crippen molar-refractivity contribution in [3.05, 3.63) is 54.3 Å². The lowest BCUT2D eigenvalue weighted by Gasteiger charge is -2.16. The maximum Gasteiger partial charge on any atom is 0.240 e. The molecule has 1 heterocycles. The highest BCUT2D eigenvalue weighted by atomic mass is 32.2. The maximum atomic E-state index is 13.1. The minimum atomic E-state index is -3.58. The molecule has 0 unspecified atom stereocenters. The van der Waals surface area contributed by atoms with Crippen LogP contribution in [0.15, 0.2) is 53.4 Å². The molecule has 2 amide bonds. The summed E-state index contributed by atoms with van der Waals surface area (Å²) in [5, 5.41) is 2.72. The fourth-order valence-corrected chi connectivity index (χ4v) is 4.26. The first-order valence-electron chi connectivity index (χ1n) is 9.76. The number of rotatable bonds is 8. The molecule has 0 saturated carbocycles. The van der Waals surface area contributed by atoms with E-state index in [0.29, 0.717) is 17.9 Å². The monoisotopic (exact) mass is 433 g/mol. The van der Waals surface area contributed by atoms with Gasteiger partial charge in [0.1, 0.15) is 5.82 Å². The topological polar surface area (TPSA) is 95.6 Å². The second-order valence-electron chi connectivity index (χ2n) is 7.15. The number of hydrogen-bond acceptors (Lipinski definition) is 4. The summed E-state index contributed by atoms with van der Waals surface area (Å²) in [7, 11) is -3.58. The van der Waals surface area contributed by atoms with Gasteiger partial charge in [-0.1, -0.05) is 13.3 Å². The van der Waals surface area contributed by atoms with Gasteiger partial charge < -0.3 is 10.2 Å². The molecule has 30 heavy (non-hydrogen) atoms. The second kappa shape index (κ2) is 9.36. The molecule has 1 aliphatic rings. The molecule has 2 N–H and O–H groups in total. The Hall–Kier alpha value is -2.78. The second-order valence-corrected chi connectivity index (χ2v) is 8.91. The molecule has 0 aromatic heterocycles. The molecule has 0 radical (unpaired) electrons. The smallest absolute Gasteiger partial charge is 0.240 e. The number of amides is 2. The third-order valence-electron chi connectivity index (χ3n) is 4.89. The van der Waals surface area contributed by atoms with Crippen LogP contribution >= 0.6 is 0 Å². The van der Waals surface area contributed by atoms with Gasteiger partial charge in [0.15, 0.2) is 0 Å². The van der Waals surface area contributed by atoms with Crippen molar-refractivity contribution in [2.24, 2.45) is 5.92 Å². The first-order valence-corrected chi connectivity index (χ1v) is 11.2. The number of halogens is 1. The Morgan fingerprint density at radius 3 is 2.43 bits per heavy atom. The van der Waals surface area contributed by atoms with Crippen molar-refractivity contribution in [1.29, 1.82) is 0 Å². The first-order chi connectivity index (χ1) is 14.3. The number of hydrogen-bond donors (Lipinski definition) is 2. The quantitative estimate of drug-likeness (QED) is 0.626. The molecule has 3 rings (SSSR count). The van der Waals surface area contributed by atoms with Crippen molar-refractivity contribution >= 4 is 33.2 Å². The first kappa shape index (κ1) is 21.9. The van der Waals surface area contributed by atoms with Gasteiger partial charge in [-0.3, -0.25) is 9.59 Å². The molecule has 1 saturated heterocycles. The average Bonchev–Trinajstić information content (AvgIpc) is 3.11. The third kappa shape index (κ3) is 5.22. The largest absolute Gasteiger partial charge is 0.326 e. The number of sulfonamides is 1. The van der Waals surface area contributed by atoms with E-state index >= 15 is 0 Å². The van der Waals surface area contributed by atoms with Crippen LogP contribution in [0.25, 0.3) is 0 Å². The molecule has 1 atom stereocenters. The van der Waals surface area contributed by atoms with Gasteiger partial charge in [-0.15, -0.1) is 0 Å². The van der Waals surface area contributed by atoms with Crippen molar-refractivity contribution in [3.63, 3.8) is 0 Å². The Balaban J connectivity index is 1.61. The van der Waals surface area contributed by atoms with Gasteiger partial charge in [0, 0.05) is 30.9 Å². The molecule has 0 spiro atoms. The van der Waals surface area contributed by atoms with E-state index in [0.717, 1.165) is 12.8 Å². The van der Waals surface area contributed by atoms with E-state index in [9.17, 15) is 22.4 Å². The van der Waals surface area contributed by atoms with Gasteiger partial charge >= 0.3 is 0 Å². The van der Waals surface area contributed by atoms with Gasteiger partial charge in [0.05, 0.1) is 10.8 Å².